The number of benzene rings is 1. The topological polar surface area (TPSA) is 203 Å². The van der Waals surface area contributed by atoms with Crippen molar-refractivity contribution in [3.63, 3.8) is 0 Å². The summed E-state index contributed by atoms with van der Waals surface area (Å²) in [5.74, 6) is 10.5. The molecule has 10 N–H and O–H groups in total. The molecule has 0 saturated carbocycles. The van der Waals surface area contributed by atoms with E-state index in [0.717, 1.165) is 12.1 Å². The highest BCUT2D eigenvalue weighted by molar-refractivity contribution is 6.12. The maximum absolute atomic E-state index is 11.6. The van der Waals surface area contributed by atoms with E-state index in [9.17, 15) is 19.2 Å². The number of hydrazine groups is 3. The van der Waals surface area contributed by atoms with Crippen molar-refractivity contribution in [1.29, 1.82) is 0 Å². The van der Waals surface area contributed by atoms with E-state index in [-0.39, 0.29) is 11.1 Å². The molecular weight excluding hydrogens is 284 g/mol. The smallest absolute Gasteiger partial charge is 0.336 e. The number of aromatic carboxylic acids is 1. The minimum Gasteiger partial charge on any atom is -0.478 e. The lowest BCUT2D eigenvalue weighted by atomic mass is 9.96. The van der Waals surface area contributed by atoms with E-state index in [1.807, 2.05) is 0 Å². The summed E-state index contributed by atoms with van der Waals surface area (Å²) in [7, 11) is 0. The molecule has 0 aliphatic heterocycles. The van der Waals surface area contributed by atoms with Crippen LogP contribution in [0.3, 0.4) is 0 Å². The zero-order valence-corrected chi connectivity index (χ0v) is 10.5. The van der Waals surface area contributed by atoms with Crippen molar-refractivity contribution >= 4 is 23.7 Å². The van der Waals surface area contributed by atoms with Crippen LogP contribution in [0.4, 0.5) is 0 Å². The predicted octanol–water partition coefficient (Wildman–Crippen LogP) is -2.80. The molecule has 0 atom stereocenters. The number of carbonyl (C=O) groups is 4. The molecule has 1 aromatic rings. The molecule has 3 amide bonds. The molecule has 0 bridgehead atoms. The van der Waals surface area contributed by atoms with Gasteiger partial charge in [-0.3, -0.25) is 30.7 Å². The van der Waals surface area contributed by atoms with E-state index in [1.165, 1.54) is 0 Å². The lowest BCUT2D eigenvalue weighted by Crippen LogP contribution is -2.37. The van der Waals surface area contributed by atoms with Gasteiger partial charge in [0.05, 0.1) is 22.3 Å². The minimum absolute atomic E-state index is 0.343. The van der Waals surface area contributed by atoms with E-state index in [2.05, 4.69) is 0 Å². The van der Waals surface area contributed by atoms with E-state index in [4.69, 9.17) is 22.6 Å². The number of hydrogen-bond acceptors (Lipinski definition) is 7. The van der Waals surface area contributed by atoms with Crippen molar-refractivity contribution in [2.75, 3.05) is 0 Å². The van der Waals surface area contributed by atoms with Crippen LogP contribution in [-0.2, 0) is 0 Å². The van der Waals surface area contributed by atoms with Gasteiger partial charge in [-0.05, 0) is 12.1 Å². The Balaban J connectivity index is 3.69. The predicted molar refractivity (Wildman–Crippen MR) is 68.4 cm³/mol. The maximum Gasteiger partial charge on any atom is 0.336 e. The molecular formula is C10H12N6O5. The summed E-state index contributed by atoms with van der Waals surface area (Å²) in [6.45, 7) is 0. The van der Waals surface area contributed by atoms with Crippen LogP contribution in [0.25, 0.3) is 0 Å². The summed E-state index contributed by atoms with van der Waals surface area (Å²) in [5.41, 5.74) is 3.58. The monoisotopic (exact) mass is 296 g/mol. The highest BCUT2D eigenvalue weighted by Gasteiger charge is 2.24. The first-order chi connectivity index (χ1) is 9.87. The molecule has 0 aromatic heterocycles. The first-order valence-electron chi connectivity index (χ1n) is 5.31. The highest BCUT2D eigenvalue weighted by Crippen LogP contribution is 2.18. The lowest BCUT2D eigenvalue weighted by Gasteiger charge is -2.12. The fourth-order valence-electron chi connectivity index (χ4n) is 1.57. The third-order valence-electron chi connectivity index (χ3n) is 2.52. The molecule has 0 aliphatic carbocycles. The van der Waals surface area contributed by atoms with Gasteiger partial charge in [0.25, 0.3) is 17.7 Å². The van der Waals surface area contributed by atoms with Crippen molar-refractivity contribution in [1.82, 2.24) is 16.3 Å². The number of amides is 3. The van der Waals surface area contributed by atoms with Crippen LogP contribution in [0.1, 0.15) is 41.4 Å². The number of carboxylic acid groups (broad SMARTS) is 1. The van der Waals surface area contributed by atoms with Gasteiger partial charge in [-0.25, -0.2) is 22.3 Å². The van der Waals surface area contributed by atoms with Crippen molar-refractivity contribution in [2.24, 2.45) is 17.5 Å². The lowest BCUT2D eigenvalue weighted by molar-refractivity contribution is 0.0690. The summed E-state index contributed by atoms with van der Waals surface area (Å²) < 4.78 is 0. The number of nitrogens with two attached hydrogens (primary N) is 3. The molecule has 0 saturated heterocycles. The number of hydrogen-bond donors (Lipinski definition) is 7. The molecule has 1 aromatic carbocycles. The molecule has 0 aliphatic rings. The third-order valence-corrected chi connectivity index (χ3v) is 2.52. The zero-order chi connectivity index (χ0) is 16.2. The summed E-state index contributed by atoms with van der Waals surface area (Å²) >= 11 is 0. The fourth-order valence-corrected chi connectivity index (χ4v) is 1.57. The van der Waals surface area contributed by atoms with Gasteiger partial charge in [0.1, 0.15) is 0 Å². The molecule has 0 fully saturated rings. The van der Waals surface area contributed by atoms with Crippen molar-refractivity contribution in [3.8, 4) is 0 Å². The summed E-state index contributed by atoms with van der Waals surface area (Å²) in [5, 5.41) is 9.07. The number of nitrogens with one attached hydrogen (secondary N) is 3. The Kier molecular flexibility index (Phi) is 4.91. The normalized spacial score (nSPS) is 9.67. The van der Waals surface area contributed by atoms with E-state index in [0.29, 0.717) is 0 Å². The van der Waals surface area contributed by atoms with Gasteiger partial charge in [-0.15, -0.1) is 0 Å². The van der Waals surface area contributed by atoms with Crippen LogP contribution < -0.4 is 33.8 Å². The minimum atomic E-state index is -1.50. The van der Waals surface area contributed by atoms with Crippen molar-refractivity contribution < 1.29 is 24.3 Å². The average Bonchev–Trinajstić information content (AvgIpc) is 2.50. The third kappa shape index (κ3) is 3.11. The largest absolute Gasteiger partial charge is 0.478 e. The van der Waals surface area contributed by atoms with Gasteiger partial charge in [-0.1, -0.05) is 0 Å². The second-order valence-electron chi connectivity index (χ2n) is 3.67. The van der Waals surface area contributed by atoms with Crippen LogP contribution in [-0.4, -0.2) is 28.8 Å². The van der Waals surface area contributed by atoms with Crippen LogP contribution in [0.2, 0.25) is 0 Å². The van der Waals surface area contributed by atoms with E-state index >= 15 is 0 Å². The van der Waals surface area contributed by atoms with Crippen LogP contribution >= 0.6 is 0 Å². The Morgan fingerprint density at radius 2 is 1.00 bits per heavy atom. The van der Waals surface area contributed by atoms with Gasteiger partial charge < -0.3 is 5.11 Å². The number of carboxylic acids is 1. The molecule has 11 nitrogen and oxygen atoms in total. The summed E-state index contributed by atoms with van der Waals surface area (Å²) in [4.78, 5) is 45.9. The number of carbonyl (C=O) groups excluding carboxylic acids is 3. The molecule has 0 heterocycles. The van der Waals surface area contributed by atoms with Crippen LogP contribution in [0, 0.1) is 0 Å². The molecule has 0 radical (unpaired) electrons. The molecule has 11 heteroatoms. The van der Waals surface area contributed by atoms with E-state index in [1.54, 1.807) is 16.3 Å². The van der Waals surface area contributed by atoms with Gasteiger partial charge in [0.15, 0.2) is 0 Å². The van der Waals surface area contributed by atoms with Gasteiger partial charge in [0, 0.05) is 0 Å². The molecule has 0 unspecified atom stereocenters. The second-order valence-corrected chi connectivity index (χ2v) is 3.67. The van der Waals surface area contributed by atoms with Gasteiger partial charge >= 0.3 is 5.97 Å². The Morgan fingerprint density at radius 1 is 0.714 bits per heavy atom. The van der Waals surface area contributed by atoms with Gasteiger partial charge in [0.2, 0.25) is 0 Å². The Bertz CT molecular complexity index is 629. The van der Waals surface area contributed by atoms with Crippen molar-refractivity contribution in [2.45, 2.75) is 0 Å². The second kappa shape index (κ2) is 6.42. The summed E-state index contributed by atoms with van der Waals surface area (Å²) in [6, 6.07) is 1.69. The Morgan fingerprint density at radius 3 is 1.29 bits per heavy atom. The quantitative estimate of drug-likeness (QED) is 0.175. The first-order valence-corrected chi connectivity index (χ1v) is 5.31. The molecule has 112 valence electrons. The van der Waals surface area contributed by atoms with Crippen LogP contribution in [0.5, 0.6) is 0 Å². The highest BCUT2D eigenvalue weighted by atomic mass is 16.4. The van der Waals surface area contributed by atoms with Crippen LogP contribution in [0.15, 0.2) is 12.1 Å². The standard InChI is InChI=1S/C10H12N6O5/c11-14-7(17)3-1-5(9(19)16-13)6(10(20)21)2-4(3)8(18)15-12/h1-2H,11-13H2,(H,14,17)(H,15,18)(H,16,19)(H,20,21). The maximum atomic E-state index is 11.6. The fraction of sp³-hybridized carbons (Fsp3) is 0. The Hall–Kier alpha value is -3.02. The van der Waals surface area contributed by atoms with Crippen molar-refractivity contribution in [3.05, 3.63) is 34.4 Å². The van der Waals surface area contributed by atoms with E-state index < -0.39 is 34.8 Å². The number of nitrogen functional groups attached to an aromatic ring is 3. The number of rotatable bonds is 4. The first kappa shape index (κ1) is 16.0. The van der Waals surface area contributed by atoms with Gasteiger partial charge in [-0.2, -0.15) is 0 Å². The molecule has 1 rings (SSSR count). The summed E-state index contributed by atoms with van der Waals surface area (Å²) in [6.07, 6.45) is 0. The zero-order valence-electron chi connectivity index (χ0n) is 10.5. The SMILES string of the molecule is NNC(=O)c1cc(C(=O)NN)c(C(=O)NN)cc1C(=O)O. The molecule has 21 heavy (non-hydrogen) atoms. The molecule has 0 spiro atoms. The average molecular weight is 296 g/mol. The Labute approximate surface area is 117 Å².